The summed E-state index contributed by atoms with van der Waals surface area (Å²) in [7, 11) is 0. The molecule has 8 aromatic heterocycles. The van der Waals surface area contributed by atoms with Gasteiger partial charge in [0.2, 0.25) is 11.9 Å². The van der Waals surface area contributed by atoms with E-state index in [2.05, 4.69) is 333 Å². The molecular formula is C96H54N8O2. The molecule has 24 aromatic rings. The van der Waals surface area contributed by atoms with Gasteiger partial charge < -0.3 is 8.83 Å². The standard InChI is InChI=1S/C96H54N8O2/c1-3-19-57-47-59(37-35-55(57)17-1)61-39-45-75-86(51-61)102(96-99-78-28-8-5-23-74(78)93-97-80-29-9-11-31-82(80)103(93)96)87-54-65(60-38-36-56-18-2-4-20-58(56)48-60)50-76(90(75)87)62-42-46-79-77(49-62)94-98-81-30-10-12-32-83(81)104(94)95(100-79)101-84-52-63(66-24-15-26-72-70-21-6-13-33-88(70)105-91(66)72)40-43-68(84)69-44-41-64(53-85(69)101)67-25-16-27-73-71-22-7-14-34-89(71)106-92(67)73/h1-54H. The van der Waals surface area contributed by atoms with Crippen LogP contribution in [-0.2, 0) is 0 Å². The summed E-state index contributed by atoms with van der Waals surface area (Å²) in [5.41, 5.74) is 24.8. The number of fused-ring (bicyclic) bond motifs is 24. The van der Waals surface area contributed by atoms with E-state index in [0.717, 1.165) is 210 Å². The maximum atomic E-state index is 6.77. The Morgan fingerprint density at radius 1 is 0.217 bits per heavy atom. The van der Waals surface area contributed by atoms with Crippen LogP contribution >= 0.6 is 0 Å². The first kappa shape index (κ1) is 57.2. The molecule has 0 saturated heterocycles. The molecular weight excluding hydrogens is 1300 g/mol. The molecule has 8 heterocycles. The highest BCUT2D eigenvalue weighted by Crippen LogP contribution is 2.48. The maximum Gasteiger partial charge on any atom is 0.221 e. The van der Waals surface area contributed by atoms with Crippen LogP contribution < -0.4 is 0 Å². The van der Waals surface area contributed by atoms with Crippen molar-refractivity contribution < 1.29 is 8.83 Å². The van der Waals surface area contributed by atoms with Crippen LogP contribution in [0.1, 0.15) is 0 Å². The molecule has 0 bridgehead atoms. The topological polar surface area (TPSA) is 96.5 Å². The lowest BCUT2D eigenvalue weighted by atomic mass is 9.92. The quantitative estimate of drug-likeness (QED) is 0.158. The van der Waals surface area contributed by atoms with Crippen LogP contribution in [0.15, 0.2) is 336 Å². The second-order valence-corrected chi connectivity index (χ2v) is 28.1. The number of nitrogens with zero attached hydrogens (tertiary/aromatic N) is 8. The van der Waals surface area contributed by atoms with Crippen molar-refractivity contribution in [2.75, 3.05) is 0 Å². The molecule has 0 aliphatic heterocycles. The molecule has 0 amide bonds. The van der Waals surface area contributed by atoms with Gasteiger partial charge in [0.25, 0.3) is 0 Å². The van der Waals surface area contributed by atoms with Crippen molar-refractivity contribution in [3.8, 4) is 67.5 Å². The average molecular weight is 1350 g/mol. The minimum Gasteiger partial charge on any atom is -0.455 e. The number of rotatable bonds is 7. The highest BCUT2D eigenvalue weighted by atomic mass is 16.3. The van der Waals surface area contributed by atoms with Gasteiger partial charge in [0.1, 0.15) is 33.6 Å². The fourth-order valence-electron chi connectivity index (χ4n) is 17.4. The van der Waals surface area contributed by atoms with Crippen LogP contribution in [0.4, 0.5) is 0 Å². The molecule has 0 fully saturated rings. The van der Waals surface area contributed by atoms with E-state index < -0.39 is 0 Å². The second kappa shape index (κ2) is 21.5. The molecule has 24 rings (SSSR count). The predicted molar refractivity (Wildman–Crippen MR) is 435 cm³/mol. The van der Waals surface area contributed by atoms with E-state index in [1.807, 2.05) is 12.1 Å². The van der Waals surface area contributed by atoms with Gasteiger partial charge in [0, 0.05) is 65.0 Å². The van der Waals surface area contributed by atoms with E-state index in [9.17, 15) is 0 Å². The number of para-hydroxylation sites is 9. The summed E-state index contributed by atoms with van der Waals surface area (Å²) >= 11 is 0. The molecule has 0 atom stereocenters. The van der Waals surface area contributed by atoms with Crippen molar-refractivity contribution in [1.29, 1.82) is 0 Å². The molecule has 106 heavy (non-hydrogen) atoms. The molecule has 0 saturated carbocycles. The molecule has 0 radical (unpaired) electrons. The van der Waals surface area contributed by atoms with Crippen LogP contribution in [0.3, 0.4) is 0 Å². The Morgan fingerprint density at radius 3 is 1.25 bits per heavy atom. The summed E-state index contributed by atoms with van der Waals surface area (Å²) in [6, 6.07) is 118. The van der Waals surface area contributed by atoms with Crippen LogP contribution in [0.2, 0.25) is 0 Å². The number of aromatic nitrogens is 8. The zero-order chi connectivity index (χ0) is 69.0. The Balaban J connectivity index is 0.792. The van der Waals surface area contributed by atoms with Crippen molar-refractivity contribution in [2.45, 2.75) is 0 Å². The normalized spacial score (nSPS) is 12.3. The van der Waals surface area contributed by atoms with Gasteiger partial charge in [-0.2, -0.15) is 0 Å². The summed E-state index contributed by atoms with van der Waals surface area (Å²) < 4.78 is 22.9. The first-order chi connectivity index (χ1) is 52.5. The van der Waals surface area contributed by atoms with Crippen molar-refractivity contribution in [1.82, 2.24) is 37.9 Å². The van der Waals surface area contributed by atoms with E-state index in [0.29, 0.717) is 5.95 Å². The van der Waals surface area contributed by atoms with Crippen LogP contribution in [0, 0.1) is 0 Å². The Bertz CT molecular complexity index is 7830. The van der Waals surface area contributed by atoms with Crippen molar-refractivity contribution in [2.24, 2.45) is 0 Å². The van der Waals surface area contributed by atoms with E-state index in [-0.39, 0.29) is 0 Å². The molecule has 10 nitrogen and oxygen atoms in total. The lowest BCUT2D eigenvalue weighted by Crippen LogP contribution is -2.07. The largest absolute Gasteiger partial charge is 0.455 e. The lowest BCUT2D eigenvalue weighted by molar-refractivity contribution is 0.669. The zero-order valence-electron chi connectivity index (χ0n) is 56.6. The van der Waals surface area contributed by atoms with Crippen molar-refractivity contribution >= 4 is 164 Å². The molecule has 0 spiro atoms. The monoisotopic (exact) mass is 1350 g/mol. The predicted octanol–water partition coefficient (Wildman–Crippen LogP) is 25.0. The number of furan rings is 2. The van der Waals surface area contributed by atoms with E-state index >= 15 is 0 Å². The highest BCUT2D eigenvalue weighted by Gasteiger charge is 2.28. The summed E-state index contributed by atoms with van der Waals surface area (Å²) in [5.74, 6) is 1.44. The minimum absolute atomic E-state index is 0.703. The van der Waals surface area contributed by atoms with Gasteiger partial charge in [-0.1, -0.05) is 224 Å². The molecule has 0 unspecified atom stereocenters. The van der Waals surface area contributed by atoms with Crippen molar-refractivity contribution in [3.05, 3.63) is 328 Å². The van der Waals surface area contributed by atoms with Gasteiger partial charge >= 0.3 is 0 Å². The number of imidazole rings is 2. The Hall–Kier alpha value is -14.5. The van der Waals surface area contributed by atoms with Gasteiger partial charge in [-0.15, -0.1) is 0 Å². The molecule has 490 valence electrons. The molecule has 0 N–H and O–H groups in total. The number of benzene rings is 16. The van der Waals surface area contributed by atoms with Gasteiger partial charge in [0.05, 0.1) is 55.2 Å². The van der Waals surface area contributed by atoms with Gasteiger partial charge in [-0.3, -0.25) is 17.9 Å². The van der Waals surface area contributed by atoms with E-state index in [4.69, 9.17) is 28.8 Å². The van der Waals surface area contributed by atoms with E-state index in [1.54, 1.807) is 0 Å². The number of hydrogen-bond donors (Lipinski definition) is 0. The fourth-order valence-corrected chi connectivity index (χ4v) is 17.4. The molecule has 0 aliphatic rings. The SMILES string of the molecule is c1ccc2cc(-c3ccc4c5c(-c6ccc7nc(-n8c9cc(-c%10cccc%11c%10oc%10ccccc%10%11)ccc9c9ccc(-c%10cccc%11c%10oc%10ccccc%10%11)cc98)n8c9ccccc9nc8c7c6)cc(-c6ccc7ccccc7c6)cc5n(-c5nc6ccccc6c6nc7ccccc7n56)c4c3)ccc2c1. The van der Waals surface area contributed by atoms with Crippen molar-refractivity contribution in [3.63, 3.8) is 0 Å². The van der Waals surface area contributed by atoms with Gasteiger partial charge in [0.15, 0.2) is 0 Å². The third-order valence-corrected chi connectivity index (χ3v) is 22.3. The molecule has 16 aromatic carbocycles. The van der Waals surface area contributed by atoms with Gasteiger partial charge in [-0.25, -0.2) is 19.9 Å². The third-order valence-electron chi connectivity index (χ3n) is 22.3. The fraction of sp³-hybridized carbons (Fsp3) is 0. The molecule has 10 heteroatoms. The smallest absolute Gasteiger partial charge is 0.221 e. The number of hydrogen-bond acceptors (Lipinski definition) is 6. The van der Waals surface area contributed by atoms with Crippen LogP contribution in [0.25, 0.3) is 232 Å². The summed E-state index contributed by atoms with van der Waals surface area (Å²) in [4.78, 5) is 22.8. The highest BCUT2D eigenvalue weighted by molar-refractivity contribution is 6.20. The summed E-state index contributed by atoms with van der Waals surface area (Å²) in [6.07, 6.45) is 0. The third kappa shape index (κ3) is 8.20. The Morgan fingerprint density at radius 2 is 0.632 bits per heavy atom. The summed E-state index contributed by atoms with van der Waals surface area (Å²) in [5, 5.41) is 15.2. The first-order valence-corrected chi connectivity index (χ1v) is 35.9. The maximum absolute atomic E-state index is 6.77. The van der Waals surface area contributed by atoms with Gasteiger partial charge in [-0.05, 0) is 169 Å². The Labute approximate surface area is 602 Å². The molecule has 0 aliphatic carbocycles. The average Bonchev–Trinajstić information content (AvgIpc) is 1.54. The second-order valence-electron chi connectivity index (χ2n) is 28.1. The summed E-state index contributed by atoms with van der Waals surface area (Å²) in [6.45, 7) is 0. The minimum atomic E-state index is 0.703. The van der Waals surface area contributed by atoms with E-state index in [1.165, 1.54) is 16.2 Å². The van der Waals surface area contributed by atoms with Crippen LogP contribution in [0.5, 0.6) is 0 Å². The lowest BCUT2D eigenvalue weighted by Gasteiger charge is -2.16. The zero-order valence-corrected chi connectivity index (χ0v) is 56.6. The van der Waals surface area contributed by atoms with Crippen LogP contribution in [-0.4, -0.2) is 37.9 Å². The first-order valence-electron chi connectivity index (χ1n) is 35.9. The Kier molecular flexibility index (Phi) is 11.6.